The van der Waals surface area contributed by atoms with Crippen molar-refractivity contribution in [3.63, 3.8) is 0 Å². The third-order valence-corrected chi connectivity index (χ3v) is 4.06. The molecule has 1 aromatic rings. The van der Waals surface area contributed by atoms with Gasteiger partial charge in [0.2, 0.25) is 11.8 Å². The molecule has 1 aliphatic rings. The Balaban J connectivity index is 1.97. The zero-order chi connectivity index (χ0) is 16.3. The van der Waals surface area contributed by atoms with Crippen LogP contribution >= 0.6 is 0 Å². The third-order valence-electron chi connectivity index (χ3n) is 4.06. The quantitative estimate of drug-likeness (QED) is 0.696. The van der Waals surface area contributed by atoms with E-state index in [1.807, 2.05) is 17.7 Å². The fourth-order valence-corrected chi connectivity index (χ4v) is 2.82. The normalized spacial score (nSPS) is 27.2. The smallest absolute Gasteiger partial charge is 0.246 e. The van der Waals surface area contributed by atoms with Crippen molar-refractivity contribution in [3.05, 3.63) is 18.2 Å². The summed E-state index contributed by atoms with van der Waals surface area (Å²) in [4.78, 5) is 28.0. The maximum Gasteiger partial charge on any atom is 0.246 e. The molecule has 0 bridgehead atoms. The van der Waals surface area contributed by atoms with Crippen LogP contribution in [0.4, 0.5) is 0 Å². The number of hydrogen-bond donors (Lipinski definition) is 2. The topological polar surface area (TPSA) is 108 Å². The molecule has 3 unspecified atom stereocenters. The Labute approximate surface area is 129 Å². The zero-order valence-electron chi connectivity index (χ0n) is 13.0. The maximum absolute atomic E-state index is 12.1. The van der Waals surface area contributed by atoms with E-state index in [0.29, 0.717) is 13.0 Å². The minimum atomic E-state index is -1.20. The number of nitrogens with one attached hydrogen (secondary N) is 1. The molecule has 2 amide bonds. The highest BCUT2D eigenvalue weighted by Crippen LogP contribution is 2.37. The lowest BCUT2D eigenvalue weighted by Crippen LogP contribution is -2.76. The number of aryl methyl sites for hydroxylation is 2. The molecule has 0 aromatic carbocycles. The molecule has 0 spiro atoms. The number of methoxy groups -OCH3 is 2. The first-order valence-corrected chi connectivity index (χ1v) is 7.08. The molecule has 1 fully saturated rings. The lowest BCUT2D eigenvalue weighted by atomic mass is 9.70. The van der Waals surface area contributed by atoms with Crippen LogP contribution in [-0.4, -0.2) is 53.3 Å². The van der Waals surface area contributed by atoms with Crippen LogP contribution < -0.4 is 11.1 Å². The van der Waals surface area contributed by atoms with Crippen LogP contribution in [0.25, 0.3) is 0 Å². The first-order chi connectivity index (χ1) is 10.4. The van der Waals surface area contributed by atoms with E-state index < -0.39 is 17.6 Å². The summed E-state index contributed by atoms with van der Waals surface area (Å²) in [5.74, 6) is -0.874. The van der Waals surface area contributed by atoms with Gasteiger partial charge in [0.15, 0.2) is 0 Å². The van der Waals surface area contributed by atoms with Crippen LogP contribution in [0.15, 0.2) is 12.5 Å². The van der Waals surface area contributed by atoms with Gasteiger partial charge in [-0.3, -0.25) is 9.59 Å². The highest BCUT2D eigenvalue weighted by Gasteiger charge is 2.60. The minimum absolute atomic E-state index is 0.221. The average Bonchev–Trinajstić information content (AvgIpc) is 2.86. The molecule has 2 rings (SSSR count). The van der Waals surface area contributed by atoms with Crippen LogP contribution in [0.1, 0.15) is 18.5 Å². The van der Waals surface area contributed by atoms with Crippen molar-refractivity contribution in [2.24, 2.45) is 5.73 Å². The molecule has 8 nitrogen and oxygen atoms in total. The van der Waals surface area contributed by atoms with Crippen LogP contribution in [0, 0.1) is 6.92 Å². The van der Waals surface area contributed by atoms with Crippen molar-refractivity contribution >= 4 is 11.8 Å². The number of carbonyl (C=O) groups is 2. The first-order valence-electron chi connectivity index (χ1n) is 7.08. The Bertz CT molecular complexity index is 559. The second-order valence-electron chi connectivity index (χ2n) is 5.52. The summed E-state index contributed by atoms with van der Waals surface area (Å²) in [5.41, 5.74) is 5.16. The van der Waals surface area contributed by atoms with Gasteiger partial charge in [-0.05, 0) is 6.92 Å². The number of imidazole rings is 1. The van der Waals surface area contributed by atoms with Gasteiger partial charge in [0, 0.05) is 39.8 Å². The monoisotopic (exact) mass is 310 g/mol. The van der Waals surface area contributed by atoms with Gasteiger partial charge in [-0.25, -0.2) is 4.98 Å². The van der Waals surface area contributed by atoms with Gasteiger partial charge in [0.05, 0.1) is 18.1 Å². The molecular weight excluding hydrogens is 288 g/mol. The van der Waals surface area contributed by atoms with Crippen LogP contribution in [0.2, 0.25) is 0 Å². The number of ether oxygens (including phenoxy) is 2. The van der Waals surface area contributed by atoms with Crippen LogP contribution in [0.3, 0.4) is 0 Å². The highest BCUT2D eigenvalue weighted by molar-refractivity contribution is 5.92. The largest absolute Gasteiger partial charge is 0.379 e. The lowest BCUT2D eigenvalue weighted by molar-refractivity contribution is -0.178. The summed E-state index contributed by atoms with van der Waals surface area (Å²) >= 11 is 0. The molecule has 122 valence electrons. The summed E-state index contributed by atoms with van der Waals surface area (Å²) in [6, 6.07) is 0. The molecule has 22 heavy (non-hydrogen) atoms. The average molecular weight is 310 g/mol. The predicted molar refractivity (Wildman–Crippen MR) is 77.9 cm³/mol. The number of nitrogens with zero attached hydrogens (tertiary/aromatic N) is 2. The number of rotatable bonds is 7. The van der Waals surface area contributed by atoms with Crippen LogP contribution in [0.5, 0.6) is 0 Å². The summed E-state index contributed by atoms with van der Waals surface area (Å²) < 4.78 is 12.3. The van der Waals surface area contributed by atoms with Crippen molar-refractivity contribution < 1.29 is 19.1 Å². The number of carbonyl (C=O) groups excluding carboxylic acids is 2. The van der Waals surface area contributed by atoms with Gasteiger partial charge in [0.25, 0.3) is 0 Å². The zero-order valence-corrected chi connectivity index (χ0v) is 13.0. The summed E-state index contributed by atoms with van der Waals surface area (Å²) in [6.07, 6.45) is 3.21. The molecule has 1 aliphatic carbocycles. The summed E-state index contributed by atoms with van der Waals surface area (Å²) in [5, 5.41) is 2.72. The van der Waals surface area contributed by atoms with Crippen molar-refractivity contribution in [2.45, 2.75) is 44.1 Å². The Hall–Kier alpha value is -1.93. The van der Waals surface area contributed by atoms with Crippen molar-refractivity contribution in [3.8, 4) is 0 Å². The molecule has 0 saturated heterocycles. The van der Waals surface area contributed by atoms with Gasteiger partial charge in [0.1, 0.15) is 11.6 Å². The predicted octanol–water partition coefficient (Wildman–Crippen LogP) is -0.644. The standard InChI is InChI=1S/C14H22N4O4/c1-9-7-18(8-16-9)5-4-11(19)17-14(13(15)20)6-10(21-2)12(14)22-3/h7-8,10,12H,4-6H2,1-3H3,(H2,15,20)(H,17,19). The molecule has 0 radical (unpaired) electrons. The van der Waals surface area contributed by atoms with Gasteiger partial charge < -0.3 is 25.1 Å². The number of primary amides is 1. The van der Waals surface area contributed by atoms with Gasteiger partial charge >= 0.3 is 0 Å². The van der Waals surface area contributed by atoms with Crippen molar-refractivity contribution in [1.82, 2.24) is 14.9 Å². The fourth-order valence-electron chi connectivity index (χ4n) is 2.82. The number of nitrogens with two attached hydrogens (primary N) is 1. The molecule has 3 atom stereocenters. The van der Waals surface area contributed by atoms with E-state index in [0.717, 1.165) is 5.69 Å². The Morgan fingerprint density at radius 2 is 2.23 bits per heavy atom. The van der Waals surface area contributed by atoms with Crippen LogP contribution in [-0.2, 0) is 25.6 Å². The number of hydrogen-bond acceptors (Lipinski definition) is 5. The van der Waals surface area contributed by atoms with Gasteiger partial charge in [-0.1, -0.05) is 0 Å². The van der Waals surface area contributed by atoms with E-state index in [-0.39, 0.29) is 18.4 Å². The number of amides is 2. The third kappa shape index (κ3) is 2.97. The van der Waals surface area contributed by atoms with E-state index in [4.69, 9.17) is 15.2 Å². The van der Waals surface area contributed by atoms with E-state index in [1.165, 1.54) is 14.2 Å². The van der Waals surface area contributed by atoms with E-state index >= 15 is 0 Å². The molecule has 1 aromatic heterocycles. The SMILES string of the molecule is COC1CC(NC(=O)CCn2cnc(C)c2)(C(N)=O)C1OC. The second kappa shape index (κ2) is 6.45. The van der Waals surface area contributed by atoms with Crippen molar-refractivity contribution in [2.75, 3.05) is 14.2 Å². The fraction of sp³-hybridized carbons (Fsp3) is 0.643. The lowest BCUT2D eigenvalue weighted by Gasteiger charge is -2.51. The van der Waals surface area contributed by atoms with E-state index in [2.05, 4.69) is 10.3 Å². The molecular formula is C14H22N4O4. The molecule has 1 heterocycles. The molecule has 3 N–H and O–H groups in total. The summed E-state index contributed by atoms with van der Waals surface area (Å²) in [6.45, 7) is 2.36. The first kappa shape index (κ1) is 16.4. The molecule has 1 saturated carbocycles. The number of aromatic nitrogens is 2. The highest BCUT2D eigenvalue weighted by atomic mass is 16.5. The second-order valence-corrected chi connectivity index (χ2v) is 5.52. The Morgan fingerprint density at radius 1 is 1.50 bits per heavy atom. The van der Waals surface area contributed by atoms with E-state index in [9.17, 15) is 9.59 Å². The van der Waals surface area contributed by atoms with E-state index in [1.54, 1.807) is 6.33 Å². The maximum atomic E-state index is 12.1. The Kier molecular flexibility index (Phi) is 4.82. The van der Waals surface area contributed by atoms with Gasteiger partial charge in [-0.15, -0.1) is 0 Å². The molecule has 0 aliphatic heterocycles. The summed E-state index contributed by atoms with van der Waals surface area (Å²) in [7, 11) is 3.00. The Morgan fingerprint density at radius 3 is 2.73 bits per heavy atom. The van der Waals surface area contributed by atoms with Gasteiger partial charge in [-0.2, -0.15) is 0 Å². The van der Waals surface area contributed by atoms with Crippen molar-refractivity contribution in [1.29, 1.82) is 0 Å². The minimum Gasteiger partial charge on any atom is -0.379 e. The molecule has 8 heteroatoms.